The molecule has 34 heavy (non-hydrogen) atoms. The number of nitrogens with zero attached hydrogens (tertiary/aromatic N) is 1. The number of fused-ring (bicyclic) bond motifs is 4. The standard InChI is InChI=1S/C25H25ClN4O4/c1-12-16(26)9-8-15-21(12)28-24(34)25(15)20-19(17(29-25)10-11-18(27)31)22(32)30(23(20)33)13(2)14-6-4-3-5-7-14/h3-9,13,17,19-20,29H,10-11H2,1-2H3,(H2,27,31)(H,28,34). The van der Waals surface area contributed by atoms with E-state index in [4.69, 9.17) is 17.3 Å². The molecule has 4 amide bonds. The number of nitrogens with one attached hydrogen (secondary N) is 2. The Kier molecular flexibility index (Phi) is 5.26. The number of carbonyl (C=O) groups excluding carboxylic acids is 4. The zero-order valence-corrected chi connectivity index (χ0v) is 19.6. The smallest absolute Gasteiger partial charge is 0.250 e. The highest BCUT2D eigenvalue weighted by molar-refractivity contribution is 6.32. The average Bonchev–Trinajstić information content (AvgIpc) is 3.40. The number of likely N-dealkylation sites (tertiary alicyclic amines) is 1. The minimum absolute atomic E-state index is 0.0286. The Labute approximate surface area is 201 Å². The van der Waals surface area contributed by atoms with Crippen LogP contribution in [0.1, 0.15) is 42.5 Å². The van der Waals surface area contributed by atoms with Crippen LogP contribution >= 0.6 is 11.6 Å². The van der Waals surface area contributed by atoms with Crippen molar-refractivity contribution in [1.82, 2.24) is 10.2 Å². The van der Waals surface area contributed by atoms with Crippen LogP contribution in [0.15, 0.2) is 42.5 Å². The summed E-state index contributed by atoms with van der Waals surface area (Å²) in [5.41, 5.74) is 6.60. The molecule has 3 heterocycles. The van der Waals surface area contributed by atoms with Crippen LogP contribution < -0.4 is 16.4 Å². The second kappa shape index (κ2) is 7.92. The number of benzene rings is 2. The van der Waals surface area contributed by atoms with Crippen LogP contribution in [0.2, 0.25) is 5.02 Å². The average molecular weight is 481 g/mol. The minimum Gasteiger partial charge on any atom is -0.370 e. The number of nitrogens with two attached hydrogens (primary N) is 1. The lowest BCUT2D eigenvalue weighted by molar-refractivity contribution is -0.145. The SMILES string of the molecule is Cc1c(Cl)ccc2c1NC(=O)C21NC(CCC(N)=O)C2C(=O)N(C(C)c3ccccc3)C(=O)C21. The molecular weight excluding hydrogens is 456 g/mol. The number of rotatable bonds is 5. The van der Waals surface area contributed by atoms with Gasteiger partial charge in [0.1, 0.15) is 5.54 Å². The summed E-state index contributed by atoms with van der Waals surface area (Å²) in [7, 11) is 0. The van der Waals surface area contributed by atoms with Gasteiger partial charge in [-0.2, -0.15) is 0 Å². The highest BCUT2D eigenvalue weighted by atomic mass is 35.5. The number of primary amides is 1. The highest BCUT2D eigenvalue weighted by Crippen LogP contribution is 2.55. The molecule has 3 aliphatic heterocycles. The Morgan fingerprint density at radius 1 is 1.15 bits per heavy atom. The van der Waals surface area contributed by atoms with E-state index in [-0.39, 0.29) is 18.7 Å². The van der Waals surface area contributed by atoms with E-state index >= 15 is 0 Å². The third-order valence-electron chi connectivity index (χ3n) is 7.49. The fourth-order valence-corrected chi connectivity index (χ4v) is 5.98. The first-order chi connectivity index (χ1) is 16.2. The van der Waals surface area contributed by atoms with E-state index < -0.39 is 47.2 Å². The van der Waals surface area contributed by atoms with Crippen molar-refractivity contribution in [3.8, 4) is 0 Å². The van der Waals surface area contributed by atoms with Crippen molar-refractivity contribution >= 4 is 40.9 Å². The molecule has 5 unspecified atom stereocenters. The zero-order valence-electron chi connectivity index (χ0n) is 18.8. The molecule has 0 radical (unpaired) electrons. The van der Waals surface area contributed by atoms with E-state index in [9.17, 15) is 19.2 Å². The summed E-state index contributed by atoms with van der Waals surface area (Å²) < 4.78 is 0. The van der Waals surface area contributed by atoms with Crippen molar-refractivity contribution in [2.75, 3.05) is 5.32 Å². The van der Waals surface area contributed by atoms with E-state index in [0.717, 1.165) is 5.56 Å². The van der Waals surface area contributed by atoms with Crippen molar-refractivity contribution < 1.29 is 19.2 Å². The second-order valence-electron chi connectivity index (χ2n) is 9.25. The monoisotopic (exact) mass is 480 g/mol. The van der Waals surface area contributed by atoms with Gasteiger partial charge in [0, 0.05) is 23.0 Å². The Hall–Kier alpha value is -3.23. The van der Waals surface area contributed by atoms with Crippen molar-refractivity contribution in [2.45, 2.75) is 44.3 Å². The molecule has 0 bridgehead atoms. The number of halogens is 1. The maximum absolute atomic E-state index is 13.9. The summed E-state index contributed by atoms with van der Waals surface area (Å²) in [4.78, 5) is 54.1. The summed E-state index contributed by atoms with van der Waals surface area (Å²) >= 11 is 6.29. The Balaban J connectivity index is 1.63. The Bertz CT molecular complexity index is 1230. The molecule has 2 saturated heterocycles. The van der Waals surface area contributed by atoms with Gasteiger partial charge in [0.15, 0.2) is 0 Å². The second-order valence-corrected chi connectivity index (χ2v) is 9.66. The summed E-state index contributed by atoms with van der Waals surface area (Å²) in [6.45, 7) is 3.60. The van der Waals surface area contributed by atoms with Crippen LogP contribution in [-0.4, -0.2) is 34.6 Å². The lowest BCUT2D eigenvalue weighted by Gasteiger charge is -2.31. The van der Waals surface area contributed by atoms with Crippen LogP contribution in [0.5, 0.6) is 0 Å². The number of carbonyl (C=O) groups is 4. The lowest BCUT2D eigenvalue weighted by atomic mass is 9.76. The van der Waals surface area contributed by atoms with Gasteiger partial charge in [0.25, 0.3) is 0 Å². The topological polar surface area (TPSA) is 122 Å². The number of anilines is 1. The predicted molar refractivity (Wildman–Crippen MR) is 126 cm³/mol. The summed E-state index contributed by atoms with van der Waals surface area (Å²) in [5, 5.41) is 6.68. The van der Waals surface area contributed by atoms with Crippen LogP contribution in [0.25, 0.3) is 0 Å². The maximum Gasteiger partial charge on any atom is 0.250 e. The van der Waals surface area contributed by atoms with Crippen molar-refractivity contribution in [1.29, 1.82) is 0 Å². The molecule has 2 aromatic carbocycles. The molecule has 5 rings (SSSR count). The van der Waals surface area contributed by atoms with Gasteiger partial charge in [-0.05, 0) is 37.5 Å². The van der Waals surface area contributed by atoms with Gasteiger partial charge in [0.2, 0.25) is 23.6 Å². The van der Waals surface area contributed by atoms with Crippen LogP contribution in [-0.2, 0) is 24.7 Å². The largest absolute Gasteiger partial charge is 0.370 e. The van der Waals surface area contributed by atoms with Crippen molar-refractivity contribution in [3.63, 3.8) is 0 Å². The van der Waals surface area contributed by atoms with Gasteiger partial charge >= 0.3 is 0 Å². The molecule has 1 spiro atoms. The third-order valence-corrected chi connectivity index (χ3v) is 7.90. The molecule has 9 heteroatoms. The van der Waals surface area contributed by atoms with Crippen LogP contribution in [0.4, 0.5) is 5.69 Å². The molecule has 0 saturated carbocycles. The number of imide groups is 1. The Morgan fingerprint density at radius 3 is 2.53 bits per heavy atom. The summed E-state index contributed by atoms with van der Waals surface area (Å²) in [6.07, 6.45) is 0.265. The molecule has 3 aliphatic rings. The zero-order chi connectivity index (χ0) is 24.4. The summed E-state index contributed by atoms with van der Waals surface area (Å²) in [5.74, 6) is -3.42. The van der Waals surface area contributed by atoms with Gasteiger partial charge < -0.3 is 11.1 Å². The quantitative estimate of drug-likeness (QED) is 0.567. The summed E-state index contributed by atoms with van der Waals surface area (Å²) in [6, 6.07) is 11.6. The van der Waals surface area contributed by atoms with Crippen molar-refractivity contribution in [3.05, 3.63) is 64.2 Å². The minimum atomic E-state index is -1.43. The van der Waals surface area contributed by atoms with Gasteiger partial charge in [-0.25, -0.2) is 0 Å². The number of hydrogen-bond acceptors (Lipinski definition) is 5. The van der Waals surface area contributed by atoms with Gasteiger partial charge in [-0.1, -0.05) is 48.0 Å². The molecule has 5 atom stereocenters. The van der Waals surface area contributed by atoms with Crippen LogP contribution in [0, 0.1) is 18.8 Å². The normalized spacial score (nSPS) is 28.3. The van der Waals surface area contributed by atoms with Crippen LogP contribution in [0.3, 0.4) is 0 Å². The van der Waals surface area contributed by atoms with E-state index in [1.807, 2.05) is 30.3 Å². The first kappa shape index (κ1) is 22.6. The molecule has 4 N–H and O–H groups in total. The molecule has 0 aromatic heterocycles. The molecule has 176 valence electrons. The van der Waals surface area contributed by atoms with Gasteiger partial charge in [-0.3, -0.25) is 29.4 Å². The first-order valence-corrected chi connectivity index (χ1v) is 11.6. The predicted octanol–water partition coefficient (Wildman–Crippen LogP) is 2.40. The van der Waals surface area contributed by atoms with E-state index in [2.05, 4.69) is 10.6 Å². The third kappa shape index (κ3) is 3.02. The molecule has 8 nitrogen and oxygen atoms in total. The Morgan fingerprint density at radius 2 is 1.85 bits per heavy atom. The number of hydrogen-bond donors (Lipinski definition) is 3. The number of amides is 4. The highest BCUT2D eigenvalue weighted by Gasteiger charge is 2.70. The van der Waals surface area contributed by atoms with Crippen molar-refractivity contribution in [2.24, 2.45) is 17.6 Å². The molecule has 2 fully saturated rings. The fourth-order valence-electron chi connectivity index (χ4n) is 5.82. The van der Waals surface area contributed by atoms with E-state index in [0.29, 0.717) is 21.8 Å². The van der Waals surface area contributed by atoms with E-state index in [1.54, 1.807) is 26.0 Å². The first-order valence-electron chi connectivity index (χ1n) is 11.3. The van der Waals surface area contributed by atoms with Gasteiger partial charge in [0.05, 0.1) is 23.6 Å². The molecule has 0 aliphatic carbocycles. The lowest BCUT2D eigenvalue weighted by Crippen LogP contribution is -2.53. The fraction of sp³-hybridized carbons (Fsp3) is 0.360. The molecule has 2 aromatic rings. The maximum atomic E-state index is 13.9. The van der Waals surface area contributed by atoms with E-state index in [1.165, 1.54) is 4.90 Å². The van der Waals surface area contributed by atoms with Gasteiger partial charge in [-0.15, -0.1) is 0 Å². The molecular formula is C25H25ClN4O4.